The van der Waals surface area contributed by atoms with Gasteiger partial charge in [-0.3, -0.25) is 14.9 Å². The normalized spacial score (nSPS) is 10.2. The summed E-state index contributed by atoms with van der Waals surface area (Å²) < 4.78 is 5.41. The largest absolute Gasteiger partial charge is 0.443 e. The summed E-state index contributed by atoms with van der Waals surface area (Å²) in [7, 11) is 0. The van der Waals surface area contributed by atoms with Crippen molar-refractivity contribution >= 4 is 17.6 Å². The van der Waals surface area contributed by atoms with E-state index in [0.29, 0.717) is 11.3 Å². The van der Waals surface area contributed by atoms with Crippen LogP contribution in [-0.2, 0) is 0 Å². The maximum Gasteiger partial charge on any atom is 0.258 e. The average Bonchev–Trinajstić information content (AvgIpc) is 2.97. The van der Waals surface area contributed by atoms with Gasteiger partial charge in [0.15, 0.2) is 5.78 Å². The van der Waals surface area contributed by atoms with E-state index in [1.54, 1.807) is 19.1 Å². The lowest BCUT2D eigenvalue weighted by molar-refractivity contribution is 0.101. The fraction of sp³-hybridized carbons (Fsp3) is 0.0952. The molecule has 0 fully saturated rings. The fourth-order valence-electron chi connectivity index (χ4n) is 2.78. The summed E-state index contributed by atoms with van der Waals surface area (Å²) in [6.45, 7) is 2.94. The summed E-state index contributed by atoms with van der Waals surface area (Å²) in [5.41, 5.74) is 2.71. The van der Waals surface area contributed by atoms with E-state index in [1.165, 1.54) is 6.92 Å². The number of aryl methyl sites for hydroxylation is 1. The summed E-state index contributed by atoms with van der Waals surface area (Å²) in [6.07, 6.45) is 0. The first-order chi connectivity index (χ1) is 12.5. The topological polar surface area (TPSA) is 83.1 Å². The monoisotopic (exact) mass is 344 g/mol. The van der Waals surface area contributed by atoms with Gasteiger partial charge in [-0.1, -0.05) is 42.5 Å². The van der Waals surface area contributed by atoms with Gasteiger partial charge in [0.05, 0.1) is 5.56 Å². The van der Waals surface area contributed by atoms with E-state index in [-0.39, 0.29) is 22.8 Å². The van der Waals surface area contributed by atoms with Crippen LogP contribution in [-0.4, -0.2) is 11.7 Å². The van der Waals surface area contributed by atoms with E-state index in [0.717, 1.165) is 11.1 Å². The van der Waals surface area contributed by atoms with Gasteiger partial charge < -0.3 is 4.42 Å². The van der Waals surface area contributed by atoms with Crippen LogP contribution in [0.2, 0.25) is 0 Å². The van der Waals surface area contributed by atoms with Crippen LogP contribution in [0.3, 0.4) is 0 Å². The highest BCUT2D eigenvalue weighted by molar-refractivity contribution is 6.06. The van der Waals surface area contributed by atoms with Crippen LogP contribution in [0.15, 0.2) is 59.0 Å². The molecule has 1 N–H and O–H groups in total. The summed E-state index contributed by atoms with van der Waals surface area (Å²) in [5, 5.41) is 11.9. The molecule has 1 aromatic heterocycles. The highest BCUT2D eigenvalue weighted by atomic mass is 16.4. The first-order valence-corrected chi connectivity index (χ1v) is 8.02. The van der Waals surface area contributed by atoms with Crippen molar-refractivity contribution in [1.82, 2.24) is 0 Å². The van der Waals surface area contributed by atoms with Crippen molar-refractivity contribution in [2.24, 2.45) is 0 Å². The number of amides is 1. The first-order valence-electron chi connectivity index (χ1n) is 8.02. The quantitative estimate of drug-likeness (QED) is 0.702. The van der Waals surface area contributed by atoms with Crippen LogP contribution >= 0.6 is 0 Å². The van der Waals surface area contributed by atoms with Crippen molar-refractivity contribution in [3.05, 3.63) is 77.0 Å². The number of rotatable bonds is 4. The van der Waals surface area contributed by atoms with Crippen molar-refractivity contribution in [2.75, 3.05) is 5.32 Å². The Morgan fingerprint density at radius 1 is 1.00 bits per heavy atom. The van der Waals surface area contributed by atoms with Crippen LogP contribution in [0, 0.1) is 18.3 Å². The predicted molar refractivity (Wildman–Crippen MR) is 98.0 cm³/mol. The third-order valence-electron chi connectivity index (χ3n) is 4.03. The second kappa shape index (κ2) is 7.08. The molecule has 0 saturated carbocycles. The number of hydrogen-bond donors (Lipinski definition) is 1. The van der Waals surface area contributed by atoms with Crippen LogP contribution in [0.25, 0.3) is 11.1 Å². The van der Waals surface area contributed by atoms with Gasteiger partial charge in [0, 0.05) is 5.56 Å². The van der Waals surface area contributed by atoms with Gasteiger partial charge in [-0.15, -0.1) is 0 Å². The number of nitrogens with zero attached hydrogens (tertiary/aromatic N) is 1. The number of carbonyl (C=O) groups is 2. The lowest BCUT2D eigenvalue weighted by atomic mass is 10.0. The molecule has 0 aliphatic carbocycles. The van der Waals surface area contributed by atoms with Crippen LogP contribution < -0.4 is 5.32 Å². The Labute approximate surface area is 150 Å². The molecule has 5 heteroatoms. The SMILES string of the molecule is CC(=O)c1c(C)oc(NC(=O)c2ccc(-c3ccccc3)cc2)c1C#N. The van der Waals surface area contributed by atoms with Gasteiger partial charge >= 0.3 is 0 Å². The third kappa shape index (κ3) is 3.26. The van der Waals surface area contributed by atoms with E-state index in [9.17, 15) is 14.9 Å². The number of benzene rings is 2. The van der Waals surface area contributed by atoms with E-state index in [4.69, 9.17) is 4.42 Å². The van der Waals surface area contributed by atoms with Crippen molar-refractivity contribution < 1.29 is 14.0 Å². The molecule has 5 nitrogen and oxygen atoms in total. The van der Waals surface area contributed by atoms with Crippen LogP contribution in [0.5, 0.6) is 0 Å². The van der Waals surface area contributed by atoms with Crippen molar-refractivity contribution in [2.45, 2.75) is 13.8 Å². The van der Waals surface area contributed by atoms with Gasteiger partial charge in [-0.05, 0) is 37.1 Å². The van der Waals surface area contributed by atoms with E-state index < -0.39 is 5.91 Å². The second-order valence-corrected chi connectivity index (χ2v) is 5.80. The molecule has 0 spiro atoms. The Morgan fingerprint density at radius 2 is 1.62 bits per heavy atom. The smallest absolute Gasteiger partial charge is 0.258 e. The first kappa shape index (κ1) is 17.2. The van der Waals surface area contributed by atoms with E-state index in [1.807, 2.05) is 48.5 Å². The number of ketones is 1. The minimum atomic E-state index is -0.412. The number of carbonyl (C=O) groups excluding carboxylic acids is 2. The Morgan fingerprint density at radius 3 is 2.19 bits per heavy atom. The molecule has 0 saturated heterocycles. The number of Topliss-reactive ketones (excluding diaryl/α,β-unsaturated/α-hetero) is 1. The van der Waals surface area contributed by atoms with Crippen molar-refractivity contribution in [1.29, 1.82) is 5.26 Å². The van der Waals surface area contributed by atoms with Gasteiger partial charge in [0.1, 0.15) is 17.4 Å². The predicted octanol–water partition coefficient (Wildman–Crippen LogP) is 4.58. The molecule has 1 heterocycles. The molecule has 2 aromatic carbocycles. The van der Waals surface area contributed by atoms with Gasteiger partial charge in [0.25, 0.3) is 5.91 Å². The van der Waals surface area contributed by atoms with E-state index >= 15 is 0 Å². The minimum Gasteiger partial charge on any atom is -0.443 e. The zero-order valence-corrected chi connectivity index (χ0v) is 14.4. The number of nitrogens with one attached hydrogen (secondary N) is 1. The molecule has 0 bridgehead atoms. The molecule has 3 aromatic rings. The summed E-state index contributed by atoms with van der Waals surface area (Å²) in [4.78, 5) is 24.1. The van der Waals surface area contributed by atoms with Crippen LogP contribution in [0.4, 0.5) is 5.88 Å². The molecule has 26 heavy (non-hydrogen) atoms. The highest BCUT2D eigenvalue weighted by Gasteiger charge is 2.22. The zero-order valence-electron chi connectivity index (χ0n) is 14.4. The number of anilines is 1. The molecule has 3 rings (SSSR count). The molecule has 0 atom stereocenters. The molecule has 128 valence electrons. The standard InChI is InChI=1S/C21H16N2O3/c1-13(24)19-14(2)26-21(18(19)12-22)23-20(25)17-10-8-16(9-11-17)15-6-4-3-5-7-15/h3-11H,1-2H3,(H,23,25). The van der Waals surface area contributed by atoms with Crippen molar-refractivity contribution in [3.63, 3.8) is 0 Å². The van der Waals surface area contributed by atoms with Crippen molar-refractivity contribution in [3.8, 4) is 17.2 Å². The fourth-order valence-corrected chi connectivity index (χ4v) is 2.78. The average molecular weight is 344 g/mol. The molecular weight excluding hydrogens is 328 g/mol. The summed E-state index contributed by atoms with van der Waals surface area (Å²) in [5.74, 6) is -0.392. The molecule has 0 aliphatic heterocycles. The maximum atomic E-state index is 12.5. The third-order valence-corrected chi connectivity index (χ3v) is 4.03. The second-order valence-electron chi connectivity index (χ2n) is 5.80. The number of furan rings is 1. The lowest BCUT2D eigenvalue weighted by Gasteiger charge is -2.05. The Kier molecular flexibility index (Phi) is 4.68. The Hall–Kier alpha value is -3.65. The summed E-state index contributed by atoms with van der Waals surface area (Å²) in [6, 6.07) is 18.8. The highest BCUT2D eigenvalue weighted by Crippen LogP contribution is 2.27. The van der Waals surface area contributed by atoms with Crippen LogP contribution in [0.1, 0.15) is 39.0 Å². The molecule has 0 radical (unpaired) electrons. The molecule has 0 aliphatic rings. The van der Waals surface area contributed by atoms with E-state index in [2.05, 4.69) is 5.32 Å². The molecule has 0 unspecified atom stereocenters. The number of hydrogen-bond acceptors (Lipinski definition) is 4. The van der Waals surface area contributed by atoms with Gasteiger partial charge in [0.2, 0.25) is 5.88 Å². The Bertz CT molecular complexity index is 1010. The Balaban J connectivity index is 1.84. The van der Waals surface area contributed by atoms with Gasteiger partial charge in [-0.25, -0.2) is 0 Å². The molecule has 1 amide bonds. The minimum absolute atomic E-state index is 0.00710. The molecular formula is C21H16N2O3. The lowest BCUT2D eigenvalue weighted by Crippen LogP contribution is -2.12. The zero-order chi connectivity index (χ0) is 18.7. The summed E-state index contributed by atoms with van der Waals surface area (Å²) >= 11 is 0. The maximum absolute atomic E-state index is 12.5. The van der Waals surface area contributed by atoms with Gasteiger partial charge in [-0.2, -0.15) is 5.26 Å². The number of nitriles is 1.